The zero-order valence-corrected chi connectivity index (χ0v) is 20.1. The first kappa shape index (κ1) is 23.9. The topological polar surface area (TPSA) is 104 Å². The van der Waals surface area contributed by atoms with Gasteiger partial charge in [-0.2, -0.15) is 10.2 Å². The molecule has 1 saturated carbocycles. The molecule has 2 amide bonds. The molecule has 0 bridgehead atoms. The summed E-state index contributed by atoms with van der Waals surface area (Å²) in [6.07, 6.45) is 5.82. The van der Waals surface area contributed by atoms with E-state index in [-0.39, 0.29) is 28.8 Å². The number of ether oxygens (including phenoxy) is 2. The van der Waals surface area contributed by atoms with Gasteiger partial charge in [0.25, 0.3) is 0 Å². The normalized spacial score (nSPS) is 24.5. The van der Waals surface area contributed by atoms with Gasteiger partial charge in [-0.25, -0.2) is 9.78 Å². The molecule has 1 aliphatic heterocycles. The van der Waals surface area contributed by atoms with E-state index in [1.165, 1.54) is 18.9 Å². The maximum absolute atomic E-state index is 13.7. The Labute approximate surface area is 200 Å². The van der Waals surface area contributed by atoms with Crippen LogP contribution in [0, 0.1) is 11.3 Å². The van der Waals surface area contributed by atoms with E-state index in [4.69, 9.17) is 14.7 Å². The number of nitriles is 1. The summed E-state index contributed by atoms with van der Waals surface area (Å²) < 4.78 is 10.7. The van der Waals surface area contributed by atoms with Crippen LogP contribution in [-0.4, -0.2) is 67.4 Å². The molecular formula is C25H32N6O3. The Bertz CT molecular complexity index is 1050. The average molecular weight is 465 g/mol. The Morgan fingerprint density at radius 1 is 1.18 bits per heavy atom. The van der Waals surface area contributed by atoms with Crippen molar-refractivity contribution in [1.29, 1.82) is 5.26 Å². The third-order valence-electron chi connectivity index (χ3n) is 7.38. The van der Waals surface area contributed by atoms with Gasteiger partial charge in [-0.05, 0) is 44.7 Å². The minimum atomic E-state index is -0.307. The lowest BCUT2D eigenvalue weighted by molar-refractivity contribution is 0.0722. The van der Waals surface area contributed by atoms with Gasteiger partial charge in [0.15, 0.2) is 0 Å². The van der Waals surface area contributed by atoms with Gasteiger partial charge in [0.05, 0.1) is 25.4 Å². The number of urea groups is 1. The molecule has 2 fully saturated rings. The number of nitrogens with zero attached hydrogens (tertiary/aromatic N) is 5. The molecule has 1 aromatic heterocycles. The van der Waals surface area contributed by atoms with Crippen molar-refractivity contribution in [3.05, 3.63) is 47.9 Å². The molecular weight excluding hydrogens is 432 g/mol. The van der Waals surface area contributed by atoms with Gasteiger partial charge in [-0.3, -0.25) is 4.90 Å². The highest BCUT2D eigenvalue weighted by Gasteiger charge is 2.54. The third-order valence-corrected chi connectivity index (χ3v) is 7.38. The average Bonchev–Trinajstić information content (AvgIpc) is 3.16. The van der Waals surface area contributed by atoms with Crippen molar-refractivity contribution in [1.82, 2.24) is 20.2 Å². The van der Waals surface area contributed by atoms with E-state index in [1.54, 1.807) is 12.0 Å². The number of hydrogen-bond acceptors (Lipinski definition) is 7. The van der Waals surface area contributed by atoms with Gasteiger partial charge in [0, 0.05) is 25.8 Å². The van der Waals surface area contributed by atoms with Crippen LogP contribution in [0.3, 0.4) is 0 Å². The lowest BCUT2D eigenvalue weighted by Gasteiger charge is -2.48. The number of carbonyl (C=O) groups excluding carboxylic acids is 1. The molecule has 1 spiro atoms. The molecule has 1 N–H and O–H groups in total. The molecule has 1 aromatic carbocycles. The van der Waals surface area contributed by atoms with E-state index in [0.717, 1.165) is 32.1 Å². The highest BCUT2D eigenvalue weighted by Crippen LogP contribution is 2.48. The number of rotatable bonds is 8. The molecule has 0 unspecified atom stereocenters. The molecule has 1 aliphatic carbocycles. The van der Waals surface area contributed by atoms with Crippen LogP contribution >= 0.6 is 0 Å². The number of carbonyl (C=O) groups is 1. The number of nitrogens with one attached hydrogen (secondary N) is 1. The van der Waals surface area contributed by atoms with Crippen LogP contribution in [0.15, 0.2) is 36.5 Å². The van der Waals surface area contributed by atoms with Crippen LogP contribution in [0.25, 0.3) is 0 Å². The highest BCUT2D eigenvalue weighted by atomic mass is 16.5. The standard InChI is InChI=1S/C25H32N6O3/c1-27-25(19-8-5-4-6-9-19)12-10-24(11-13-25)18-30(23(32)31(24)14-7-15-33-2)20-17-28-21(16-26)29-22(20)34-3/h4-6,8-9,17,27H,7,10-15,18H2,1-3H3. The summed E-state index contributed by atoms with van der Waals surface area (Å²) >= 11 is 0. The van der Waals surface area contributed by atoms with E-state index >= 15 is 0 Å². The fraction of sp³-hybridized carbons (Fsp3) is 0.520. The Hall–Kier alpha value is -3.22. The first-order valence-electron chi connectivity index (χ1n) is 11.7. The minimum absolute atomic E-state index is 0.0123. The number of benzene rings is 1. The number of anilines is 1. The lowest BCUT2D eigenvalue weighted by Crippen LogP contribution is -2.55. The molecule has 1 saturated heterocycles. The van der Waals surface area contributed by atoms with Crippen LogP contribution in [-0.2, 0) is 10.3 Å². The molecule has 0 radical (unpaired) electrons. The molecule has 2 aliphatic rings. The van der Waals surface area contributed by atoms with Crippen molar-refractivity contribution in [2.24, 2.45) is 0 Å². The predicted octanol–water partition coefficient (Wildman–Crippen LogP) is 3.06. The Balaban J connectivity index is 1.65. The zero-order valence-electron chi connectivity index (χ0n) is 20.1. The second kappa shape index (κ2) is 9.95. The summed E-state index contributed by atoms with van der Waals surface area (Å²) in [5, 5.41) is 12.7. The van der Waals surface area contributed by atoms with E-state index in [0.29, 0.717) is 25.4 Å². The van der Waals surface area contributed by atoms with Crippen molar-refractivity contribution < 1.29 is 14.3 Å². The highest BCUT2D eigenvalue weighted by molar-refractivity contribution is 5.96. The van der Waals surface area contributed by atoms with Gasteiger partial charge in [-0.15, -0.1) is 0 Å². The van der Waals surface area contributed by atoms with Gasteiger partial charge < -0.3 is 19.7 Å². The predicted molar refractivity (Wildman–Crippen MR) is 128 cm³/mol. The van der Waals surface area contributed by atoms with Gasteiger partial charge in [0.2, 0.25) is 11.7 Å². The number of hydrogen-bond donors (Lipinski definition) is 1. The summed E-state index contributed by atoms with van der Waals surface area (Å²) in [5.41, 5.74) is 1.35. The second-order valence-electron chi connectivity index (χ2n) is 8.99. The van der Waals surface area contributed by atoms with Crippen molar-refractivity contribution >= 4 is 11.7 Å². The van der Waals surface area contributed by atoms with Crippen LogP contribution in [0.1, 0.15) is 43.5 Å². The molecule has 9 nitrogen and oxygen atoms in total. The van der Waals surface area contributed by atoms with Crippen molar-refractivity contribution in [2.75, 3.05) is 45.9 Å². The fourth-order valence-corrected chi connectivity index (χ4v) is 5.44. The van der Waals surface area contributed by atoms with Crippen molar-refractivity contribution in [3.63, 3.8) is 0 Å². The lowest BCUT2D eigenvalue weighted by atomic mass is 9.69. The minimum Gasteiger partial charge on any atom is -0.479 e. The molecule has 0 atom stereocenters. The summed E-state index contributed by atoms with van der Waals surface area (Å²) in [4.78, 5) is 25.7. The monoisotopic (exact) mass is 464 g/mol. The molecule has 4 rings (SSSR count). The van der Waals surface area contributed by atoms with E-state index in [1.807, 2.05) is 24.1 Å². The van der Waals surface area contributed by atoms with Gasteiger partial charge in [0.1, 0.15) is 11.8 Å². The number of amides is 2. The summed E-state index contributed by atoms with van der Waals surface area (Å²) in [6.45, 7) is 1.73. The Morgan fingerprint density at radius 3 is 2.53 bits per heavy atom. The van der Waals surface area contributed by atoms with E-state index < -0.39 is 0 Å². The van der Waals surface area contributed by atoms with E-state index in [9.17, 15) is 4.79 Å². The smallest absolute Gasteiger partial charge is 0.325 e. The maximum Gasteiger partial charge on any atom is 0.325 e. The van der Waals surface area contributed by atoms with E-state index in [2.05, 4.69) is 39.6 Å². The van der Waals surface area contributed by atoms with Gasteiger partial charge in [-0.1, -0.05) is 30.3 Å². The summed E-state index contributed by atoms with van der Waals surface area (Å²) in [7, 11) is 5.18. The van der Waals surface area contributed by atoms with Crippen molar-refractivity contribution in [2.45, 2.75) is 43.2 Å². The summed E-state index contributed by atoms with van der Waals surface area (Å²) in [6, 6.07) is 12.4. The molecule has 9 heteroatoms. The van der Waals surface area contributed by atoms with Gasteiger partial charge >= 0.3 is 6.03 Å². The first-order chi connectivity index (χ1) is 16.5. The van der Waals surface area contributed by atoms with Crippen LogP contribution in [0.5, 0.6) is 5.88 Å². The largest absolute Gasteiger partial charge is 0.479 e. The molecule has 34 heavy (non-hydrogen) atoms. The van der Waals surface area contributed by atoms with Crippen LogP contribution in [0.4, 0.5) is 10.5 Å². The SMILES string of the molecule is CNC1(c2ccccc2)CCC2(CC1)CN(c1cnc(C#N)nc1OC)C(=O)N2CCCOC. The zero-order chi connectivity index (χ0) is 24.2. The Kier molecular flexibility index (Phi) is 7.00. The van der Waals surface area contributed by atoms with Crippen molar-refractivity contribution in [3.8, 4) is 11.9 Å². The molecule has 2 aromatic rings. The number of aromatic nitrogens is 2. The third kappa shape index (κ3) is 4.19. The van der Waals surface area contributed by atoms with Crippen LogP contribution in [0.2, 0.25) is 0 Å². The number of methoxy groups -OCH3 is 2. The second-order valence-corrected chi connectivity index (χ2v) is 8.99. The quantitative estimate of drug-likeness (QED) is 0.599. The Morgan fingerprint density at radius 2 is 1.91 bits per heavy atom. The fourth-order valence-electron chi connectivity index (χ4n) is 5.44. The van der Waals surface area contributed by atoms with Crippen LogP contribution < -0.4 is 15.0 Å². The summed E-state index contributed by atoms with van der Waals surface area (Å²) in [5.74, 6) is 0.247. The molecule has 180 valence electrons. The maximum atomic E-state index is 13.7. The first-order valence-corrected chi connectivity index (χ1v) is 11.7. The molecule has 2 heterocycles.